The molecule has 3 aliphatic rings. The van der Waals surface area contributed by atoms with Crippen molar-refractivity contribution in [3.8, 4) is 17.1 Å². The summed E-state index contributed by atoms with van der Waals surface area (Å²) in [5.41, 5.74) is 5.40. The van der Waals surface area contributed by atoms with E-state index < -0.39 is 113 Å². The Kier molecular flexibility index (Phi) is 53.5. The molecule has 3 aromatic heterocycles. The number of carbonyl (C=O) groups excluding carboxylic acids is 8. The highest BCUT2D eigenvalue weighted by molar-refractivity contribution is 6.01. The number of carbonyl (C=O) groups is 9. The second kappa shape index (κ2) is 65.5. The number of nitrogens with one attached hydrogen (secondary N) is 8. The van der Waals surface area contributed by atoms with E-state index in [1.807, 2.05) is 82.3 Å². The summed E-state index contributed by atoms with van der Waals surface area (Å²) in [4.78, 5) is 140. The largest absolute Gasteiger partial charge is 0.479 e. The molecule has 9 rings (SSSR count). The summed E-state index contributed by atoms with van der Waals surface area (Å²) in [6.07, 6.45) is -9.99. The number of aryl methyl sites for hydroxylation is 1. The number of fused-ring (bicyclic) bond motifs is 6. The molecule has 0 bridgehead atoms. The Morgan fingerprint density at radius 2 is 1.05 bits per heavy atom. The maximum Gasteiger partial charge on any atom is 0.355 e. The second-order valence-electron chi connectivity index (χ2n) is 34.9. The normalized spacial score (nSPS) is 16.8. The molecule has 6 aromatic rings. The average molecular weight is 2060 g/mol. The van der Waals surface area contributed by atoms with Crippen molar-refractivity contribution in [2.75, 3.05) is 256 Å². The third kappa shape index (κ3) is 39.6. The van der Waals surface area contributed by atoms with Crippen LogP contribution in [-0.4, -0.2) is 387 Å². The molecular weight excluding hydrogens is 1910 g/mol. The molecule has 0 aliphatic carbocycles. The Labute approximate surface area is 848 Å². The van der Waals surface area contributed by atoms with Crippen molar-refractivity contribution < 1.29 is 158 Å². The molecule has 12 N–H and O–H groups in total. The van der Waals surface area contributed by atoms with Crippen LogP contribution in [0.15, 0.2) is 77.6 Å². The van der Waals surface area contributed by atoms with Crippen molar-refractivity contribution in [2.45, 2.75) is 161 Å². The van der Waals surface area contributed by atoms with Crippen LogP contribution >= 0.6 is 0 Å². The minimum Gasteiger partial charge on any atom is -0.479 e. The molecule has 3 aliphatic heterocycles. The lowest BCUT2D eigenvalue weighted by Gasteiger charge is -2.38. The lowest BCUT2D eigenvalue weighted by Crippen LogP contribution is -2.61. The first-order valence-electron chi connectivity index (χ1n) is 49.6. The summed E-state index contributed by atoms with van der Waals surface area (Å²) in [6, 6.07) is 17.9. The molecule has 0 unspecified atom stereocenters. The zero-order valence-corrected chi connectivity index (χ0v) is 85.1. The average Bonchev–Trinajstić information content (AvgIpc) is 1.52. The molecule has 0 spiro atoms. The molecule has 0 radical (unpaired) electrons. The highest BCUT2D eigenvalue weighted by Crippen LogP contribution is 2.42. The van der Waals surface area contributed by atoms with Crippen LogP contribution in [0.4, 0.5) is 11.4 Å². The standard InChI is InChI=1S/C100H148N12O34/c1-10-127-31-32-131-39-40-135-47-48-139-55-56-141-54-51-138-46-43-134-38-35-130-30-26-104-84(114)22-27-111-72(63-110(9)101-8)60-69-59-70(16-18-80(69)111)106-85(115)20-19-83(113)103-25-29-129-34-37-133-42-45-137-50-53-142-58-57-140-52-49-136-44-41-132-36-33-128-28-23-86(116)109-87(66(2)3)94(121)105-68(6)93(120)107-71-15-17-75(82(61-71)144-98-91(119)89(117)90(118)92(145-98)96(123)124)97(125)146-100(7)78-62-81-88-76(64-112(81)95(122)77(78)65-143-99(100)126)73(21-24-102-67(4)5)74-13-11-12-14-79(74)108-88/h11-18,59-62,66-68,87,89-92,98,101-102,117-119H,10,19-58,63-65H2,1-9H3,(H,103,113)(H,104,114)(H,105,121)(H,106,115)(H,107,120)(H,109,116)(H,123,124)/t68-,87-,89-,90-,91+,92-,98+,100-/m0/s1. The number of hydrogen-bond donors (Lipinski definition) is 12. The van der Waals surface area contributed by atoms with E-state index in [2.05, 4.69) is 47.2 Å². The Hall–Kier alpha value is -10.3. The van der Waals surface area contributed by atoms with Gasteiger partial charge in [0, 0.05) is 116 Å². The van der Waals surface area contributed by atoms with Gasteiger partial charge < -0.3 is 162 Å². The van der Waals surface area contributed by atoms with Crippen molar-refractivity contribution in [3.63, 3.8) is 0 Å². The number of hydrogen-bond acceptors (Lipinski definition) is 37. The first-order chi connectivity index (χ1) is 70.6. The molecule has 812 valence electrons. The molecule has 8 atom stereocenters. The van der Waals surface area contributed by atoms with Crippen molar-refractivity contribution >= 4 is 86.5 Å². The SMILES string of the molecule is CCOCCOCCOCCOCCOCCOCCOCCOCCNC(=O)CCn1c(CN(C)NC)cc2cc(NC(=O)CCC(=O)NCCOCCOCCOCCOCCOCCOCCOCCOCCC(=O)N[C@H](C(=O)N[C@@H](C)C(=O)Nc3ccc(C(=O)O[C@]4(C)C(=O)OCc5c4cc4n(c5=O)Cc5c-4nc4ccccc4c5CCNC(C)C)c(O[C@@H]4O[C@H](C(=O)O)[C@@H](O)[C@H](O)[C@H]4O)c3)C(C)C)ccc21. The van der Waals surface area contributed by atoms with E-state index in [0.717, 1.165) is 45.2 Å². The van der Waals surface area contributed by atoms with Crippen molar-refractivity contribution in [1.29, 1.82) is 0 Å². The fraction of sp³-hybridized carbons (Fsp3) is 0.630. The van der Waals surface area contributed by atoms with Crippen molar-refractivity contribution in [2.24, 2.45) is 5.92 Å². The van der Waals surface area contributed by atoms with E-state index in [4.69, 9.17) is 99.7 Å². The fourth-order valence-corrected chi connectivity index (χ4v) is 15.5. The quantitative estimate of drug-likeness (QED) is 0.0148. The zero-order chi connectivity index (χ0) is 105. The van der Waals surface area contributed by atoms with Gasteiger partial charge in [0.1, 0.15) is 48.3 Å². The smallest absolute Gasteiger partial charge is 0.355 e. The number of para-hydroxylation sites is 1. The summed E-state index contributed by atoms with van der Waals surface area (Å²) in [7, 11) is 3.74. The molecule has 46 nitrogen and oxygen atoms in total. The summed E-state index contributed by atoms with van der Waals surface area (Å²) in [5, 5.41) is 65.8. The molecule has 3 aromatic carbocycles. The Bertz CT molecular complexity index is 5110. The molecule has 1 fully saturated rings. The Morgan fingerprint density at radius 3 is 1.58 bits per heavy atom. The number of aliphatic hydroxyl groups excluding tert-OH is 3. The number of aromatic nitrogens is 3. The minimum absolute atomic E-state index is 0.000442. The van der Waals surface area contributed by atoms with Crippen LogP contribution < -0.4 is 52.9 Å². The molecular formula is C100H148N12O34. The number of esters is 2. The zero-order valence-electron chi connectivity index (χ0n) is 85.1. The number of ether oxygens (including phenoxy) is 20. The predicted molar refractivity (Wildman–Crippen MR) is 529 cm³/mol. The van der Waals surface area contributed by atoms with E-state index in [1.165, 1.54) is 24.5 Å². The van der Waals surface area contributed by atoms with Gasteiger partial charge in [-0.2, -0.15) is 0 Å². The van der Waals surface area contributed by atoms with Gasteiger partial charge in [0.05, 0.1) is 240 Å². The lowest BCUT2D eigenvalue weighted by molar-refractivity contribution is -0.271. The van der Waals surface area contributed by atoms with Gasteiger partial charge in [-0.15, -0.1) is 0 Å². The Balaban J connectivity index is 0.553. The number of amides is 6. The lowest BCUT2D eigenvalue weighted by atomic mass is 9.89. The number of pyridine rings is 2. The van der Waals surface area contributed by atoms with Gasteiger partial charge in [0.25, 0.3) is 5.56 Å². The van der Waals surface area contributed by atoms with E-state index in [9.17, 15) is 68.4 Å². The van der Waals surface area contributed by atoms with Gasteiger partial charge in [-0.25, -0.2) is 24.4 Å². The monoisotopic (exact) mass is 2060 g/mol. The molecule has 1 saturated heterocycles. The number of hydrazine groups is 1. The second-order valence-corrected chi connectivity index (χ2v) is 34.9. The van der Waals surface area contributed by atoms with Crippen LogP contribution in [0.2, 0.25) is 0 Å². The first kappa shape index (κ1) is 119. The van der Waals surface area contributed by atoms with Crippen molar-refractivity contribution in [1.82, 2.24) is 51.1 Å². The van der Waals surface area contributed by atoms with Crippen LogP contribution in [-0.2, 0) is 167 Å². The van der Waals surface area contributed by atoms with Crippen molar-refractivity contribution in [3.05, 3.63) is 117 Å². The number of benzene rings is 3. The molecule has 6 heterocycles. The number of nitrogens with zero attached hydrogens (tertiary/aromatic N) is 4. The maximum atomic E-state index is 14.7. The van der Waals surface area contributed by atoms with Gasteiger partial charge in [-0.05, 0) is 101 Å². The Morgan fingerprint density at radius 1 is 0.541 bits per heavy atom. The highest BCUT2D eigenvalue weighted by atomic mass is 16.7. The number of carboxylic acid groups (broad SMARTS) is 1. The third-order valence-corrected chi connectivity index (χ3v) is 23.3. The number of rotatable bonds is 77. The van der Waals surface area contributed by atoms with Gasteiger partial charge in [0.2, 0.25) is 47.3 Å². The summed E-state index contributed by atoms with van der Waals surface area (Å²) in [6.45, 7) is 26.2. The predicted octanol–water partition coefficient (Wildman–Crippen LogP) is 2.19. The van der Waals surface area contributed by atoms with Gasteiger partial charge in [-0.1, -0.05) is 45.9 Å². The molecule has 146 heavy (non-hydrogen) atoms. The van der Waals surface area contributed by atoms with E-state index in [-0.39, 0.29) is 112 Å². The van der Waals surface area contributed by atoms with Gasteiger partial charge >= 0.3 is 17.9 Å². The van der Waals surface area contributed by atoms with Crippen LogP contribution in [0, 0.1) is 5.92 Å². The van der Waals surface area contributed by atoms with E-state index in [1.54, 1.807) is 26.0 Å². The first-order valence-corrected chi connectivity index (χ1v) is 49.6. The van der Waals surface area contributed by atoms with Crippen LogP contribution in [0.25, 0.3) is 33.2 Å². The number of cyclic esters (lactones) is 1. The number of carboxylic acids is 1. The van der Waals surface area contributed by atoms with Crippen LogP contribution in [0.5, 0.6) is 5.75 Å². The maximum absolute atomic E-state index is 14.7. The molecule has 0 saturated carbocycles. The minimum atomic E-state index is -2.33. The summed E-state index contributed by atoms with van der Waals surface area (Å²) < 4.78 is 115. The highest BCUT2D eigenvalue weighted by Gasteiger charge is 2.51. The van der Waals surface area contributed by atoms with Gasteiger partial charge in [0.15, 0.2) is 6.10 Å². The van der Waals surface area contributed by atoms with E-state index in [0.29, 0.717) is 234 Å². The number of aliphatic hydroxyl groups is 3. The number of anilines is 2. The number of aliphatic carboxylic acids is 1. The van der Waals surface area contributed by atoms with Gasteiger partial charge in [-0.3, -0.25) is 39.0 Å². The summed E-state index contributed by atoms with van der Waals surface area (Å²) >= 11 is 0. The van der Waals surface area contributed by atoms with Crippen LogP contribution in [0.1, 0.15) is 112 Å². The van der Waals surface area contributed by atoms with E-state index >= 15 is 0 Å². The molecule has 46 heteroatoms. The fourth-order valence-electron chi connectivity index (χ4n) is 15.5. The summed E-state index contributed by atoms with van der Waals surface area (Å²) in [5.74, 6) is -7.91. The topological polar surface area (TPSA) is 558 Å². The molecule has 6 amide bonds. The van der Waals surface area contributed by atoms with Crippen LogP contribution in [0.3, 0.4) is 0 Å². The third-order valence-electron chi connectivity index (χ3n) is 23.3.